The molecule has 2 N–H and O–H groups in total. The Morgan fingerprint density at radius 2 is 2.05 bits per heavy atom. The number of benzene rings is 1. The first-order valence-corrected chi connectivity index (χ1v) is 7.46. The molecule has 2 fully saturated rings. The van der Waals surface area contributed by atoms with Crippen molar-refractivity contribution >= 4 is 5.96 Å². The topological polar surface area (TPSA) is 36.4 Å². The molecule has 0 heterocycles. The molecule has 2 aliphatic carbocycles. The molecule has 0 amide bonds. The molecule has 1 aromatic carbocycles. The zero-order valence-corrected chi connectivity index (χ0v) is 11.6. The van der Waals surface area contributed by atoms with E-state index >= 15 is 0 Å². The molecule has 2 aliphatic rings. The number of hydrogen-bond acceptors (Lipinski definition) is 1. The number of nitrogens with zero attached hydrogens (tertiary/aromatic N) is 1. The second-order valence-electron chi connectivity index (χ2n) is 5.67. The highest BCUT2D eigenvalue weighted by atomic mass is 15.2. The van der Waals surface area contributed by atoms with Crippen molar-refractivity contribution < 1.29 is 0 Å². The van der Waals surface area contributed by atoms with Crippen LogP contribution in [-0.2, 0) is 0 Å². The lowest BCUT2D eigenvalue weighted by atomic mass is 10.1. The van der Waals surface area contributed by atoms with Crippen molar-refractivity contribution in [3.8, 4) is 0 Å². The Hall–Kier alpha value is -1.51. The third-order valence-electron chi connectivity index (χ3n) is 3.89. The average Bonchev–Trinajstić information content (AvgIpc) is 3.33. The molecule has 3 nitrogen and oxygen atoms in total. The van der Waals surface area contributed by atoms with Crippen LogP contribution in [0.1, 0.15) is 37.7 Å². The van der Waals surface area contributed by atoms with Gasteiger partial charge in [0.2, 0.25) is 0 Å². The Morgan fingerprint density at radius 3 is 2.74 bits per heavy atom. The number of hydrogen-bond donors (Lipinski definition) is 2. The Bertz CT molecular complexity index is 437. The number of rotatable bonds is 5. The maximum Gasteiger partial charge on any atom is 0.191 e. The van der Waals surface area contributed by atoms with Crippen LogP contribution in [0.5, 0.6) is 0 Å². The van der Waals surface area contributed by atoms with Crippen LogP contribution in [0.25, 0.3) is 0 Å². The Kier molecular flexibility index (Phi) is 3.72. The third-order valence-corrected chi connectivity index (χ3v) is 3.89. The maximum absolute atomic E-state index is 4.68. The normalized spacial score (nSPS) is 26.1. The highest BCUT2D eigenvalue weighted by Gasteiger charge is 2.38. The van der Waals surface area contributed by atoms with E-state index in [1.165, 1.54) is 24.8 Å². The molecule has 3 heteroatoms. The van der Waals surface area contributed by atoms with Gasteiger partial charge in [0, 0.05) is 25.0 Å². The van der Waals surface area contributed by atoms with E-state index in [0.717, 1.165) is 25.0 Å². The van der Waals surface area contributed by atoms with Gasteiger partial charge in [-0.15, -0.1) is 0 Å². The lowest BCUT2D eigenvalue weighted by Gasteiger charge is -2.11. The van der Waals surface area contributed by atoms with Crippen LogP contribution in [0.2, 0.25) is 0 Å². The Balaban J connectivity index is 1.53. The number of guanidine groups is 1. The van der Waals surface area contributed by atoms with Gasteiger partial charge in [0.25, 0.3) is 0 Å². The molecule has 0 saturated heterocycles. The van der Waals surface area contributed by atoms with Crippen LogP contribution in [0.4, 0.5) is 0 Å². The molecule has 0 aromatic heterocycles. The van der Waals surface area contributed by atoms with Crippen LogP contribution < -0.4 is 10.6 Å². The van der Waals surface area contributed by atoms with Crippen molar-refractivity contribution in [1.82, 2.24) is 10.6 Å². The fourth-order valence-electron chi connectivity index (χ4n) is 2.44. The summed E-state index contributed by atoms with van der Waals surface area (Å²) in [5, 5.41) is 6.91. The predicted molar refractivity (Wildman–Crippen MR) is 79.4 cm³/mol. The van der Waals surface area contributed by atoms with Gasteiger partial charge in [0.15, 0.2) is 5.96 Å². The lowest BCUT2D eigenvalue weighted by molar-refractivity contribution is 0.772. The van der Waals surface area contributed by atoms with Gasteiger partial charge in [-0.3, -0.25) is 4.99 Å². The zero-order valence-electron chi connectivity index (χ0n) is 11.6. The van der Waals surface area contributed by atoms with Gasteiger partial charge in [-0.1, -0.05) is 30.3 Å². The number of nitrogens with one attached hydrogen (secondary N) is 2. The molecule has 3 rings (SSSR count). The van der Waals surface area contributed by atoms with Crippen LogP contribution in [0, 0.1) is 5.92 Å². The fourth-order valence-corrected chi connectivity index (χ4v) is 2.44. The van der Waals surface area contributed by atoms with E-state index in [1.807, 2.05) is 0 Å². The Morgan fingerprint density at radius 1 is 1.26 bits per heavy atom. The van der Waals surface area contributed by atoms with E-state index in [1.54, 1.807) is 0 Å². The lowest BCUT2D eigenvalue weighted by Crippen LogP contribution is -2.39. The van der Waals surface area contributed by atoms with E-state index in [0.29, 0.717) is 12.0 Å². The summed E-state index contributed by atoms with van der Waals surface area (Å²) < 4.78 is 0. The third kappa shape index (κ3) is 3.49. The fraction of sp³-hybridized carbons (Fsp3) is 0.562. The summed E-state index contributed by atoms with van der Waals surface area (Å²) >= 11 is 0. The largest absolute Gasteiger partial charge is 0.357 e. The molecule has 0 aliphatic heterocycles. The molecule has 1 aromatic rings. The van der Waals surface area contributed by atoms with Gasteiger partial charge in [-0.2, -0.15) is 0 Å². The highest BCUT2D eigenvalue weighted by Crippen LogP contribution is 2.40. The summed E-state index contributed by atoms with van der Waals surface area (Å²) in [5.74, 6) is 2.50. The molecule has 2 unspecified atom stereocenters. The van der Waals surface area contributed by atoms with Gasteiger partial charge < -0.3 is 10.6 Å². The van der Waals surface area contributed by atoms with Gasteiger partial charge in [0.1, 0.15) is 0 Å². The molecule has 2 saturated carbocycles. The second kappa shape index (κ2) is 5.64. The summed E-state index contributed by atoms with van der Waals surface area (Å²) in [6.45, 7) is 4.03. The minimum Gasteiger partial charge on any atom is -0.357 e. The van der Waals surface area contributed by atoms with Crippen molar-refractivity contribution in [1.29, 1.82) is 0 Å². The molecular weight excluding hydrogens is 234 g/mol. The molecule has 0 bridgehead atoms. The van der Waals surface area contributed by atoms with Gasteiger partial charge in [0.05, 0.1) is 0 Å². The van der Waals surface area contributed by atoms with Crippen molar-refractivity contribution in [3.05, 3.63) is 35.9 Å². The van der Waals surface area contributed by atoms with E-state index < -0.39 is 0 Å². The highest BCUT2D eigenvalue weighted by molar-refractivity contribution is 5.80. The van der Waals surface area contributed by atoms with Gasteiger partial charge in [-0.05, 0) is 37.7 Å². The standard InChI is InChI=1S/C16H23N3/c1-2-17-16(18-11-12-8-9-12)19-15-10-14(15)13-6-4-3-5-7-13/h3-7,12,14-15H,2,8-11H2,1H3,(H2,17,18,19). The van der Waals surface area contributed by atoms with Crippen LogP contribution >= 0.6 is 0 Å². The van der Waals surface area contributed by atoms with E-state index in [-0.39, 0.29) is 0 Å². The summed E-state index contributed by atoms with van der Waals surface area (Å²) in [6, 6.07) is 11.3. The summed E-state index contributed by atoms with van der Waals surface area (Å²) in [4.78, 5) is 4.68. The summed E-state index contributed by atoms with van der Waals surface area (Å²) in [5.41, 5.74) is 1.44. The van der Waals surface area contributed by atoms with E-state index in [2.05, 4.69) is 52.9 Å². The summed E-state index contributed by atoms with van der Waals surface area (Å²) in [6.07, 6.45) is 3.94. The van der Waals surface area contributed by atoms with E-state index in [9.17, 15) is 0 Å². The zero-order chi connectivity index (χ0) is 13.1. The monoisotopic (exact) mass is 257 g/mol. The van der Waals surface area contributed by atoms with Crippen molar-refractivity contribution in [3.63, 3.8) is 0 Å². The van der Waals surface area contributed by atoms with Crippen molar-refractivity contribution in [2.45, 2.75) is 38.1 Å². The van der Waals surface area contributed by atoms with Crippen LogP contribution in [0.15, 0.2) is 35.3 Å². The van der Waals surface area contributed by atoms with Crippen LogP contribution in [0.3, 0.4) is 0 Å². The first-order chi connectivity index (χ1) is 9.36. The Labute approximate surface area is 115 Å². The van der Waals surface area contributed by atoms with Gasteiger partial charge in [-0.25, -0.2) is 0 Å². The van der Waals surface area contributed by atoms with E-state index in [4.69, 9.17) is 0 Å². The smallest absolute Gasteiger partial charge is 0.191 e. The molecule has 0 spiro atoms. The maximum atomic E-state index is 4.68. The second-order valence-corrected chi connectivity index (χ2v) is 5.67. The van der Waals surface area contributed by atoms with Gasteiger partial charge >= 0.3 is 0 Å². The molecule has 102 valence electrons. The molecule has 2 atom stereocenters. The molecule has 0 radical (unpaired) electrons. The molecule has 19 heavy (non-hydrogen) atoms. The van der Waals surface area contributed by atoms with Crippen molar-refractivity contribution in [2.24, 2.45) is 10.9 Å². The molecular formula is C16H23N3. The average molecular weight is 257 g/mol. The number of aliphatic imine (C=N–C) groups is 1. The SMILES string of the molecule is CCNC(=NCC1CC1)NC1CC1c1ccccc1. The van der Waals surface area contributed by atoms with Crippen LogP contribution in [-0.4, -0.2) is 25.1 Å². The first-order valence-electron chi connectivity index (χ1n) is 7.46. The first kappa shape index (κ1) is 12.5. The summed E-state index contributed by atoms with van der Waals surface area (Å²) in [7, 11) is 0. The van der Waals surface area contributed by atoms with Crippen molar-refractivity contribution in [2.75, 3.05) is 13.1 Å². The quantitative estimate of drug-likeness (QED) is 0.628. The minimum atomic E-state index is 0.555. The minimum absolute atomic E-state index is 0.555. The predicted octanol–water partition coefficient (Wildman–Crippen LogP) is 2.51.